The van der Waals surface area contributed by atoms with Gasteiger partial charge >= 0.3 is 5.97 Å². The molecule has 6 heteroatoms. The Hall–Kier alpha value is -1.31. The van der Waals surface area contributed by atoms with Crippen LogP contribution in [-0.2, 0) is 9.53 Å². The summed E-state index contributed by atoms with van der Waals surface area (Å²) in [4.78, 5) is 12.6. The van der Waals surface area contributed by atoms with Gasteiger partial charge in [-0.3, -0.25) is 9.28 Å². The van der Waals surface area contributed by atoms with Crippen molar-refractivity contribution >= 4 is 17.6 Å². The first-order valence-corrected chi connectivity index (χ1v) is 17.9. The Morgan fingerprint density at radius 3 is 1.84 bits per heavy atom. The lowest BCUT2D eigenvalue weighted by atomic mass is 9.84. The largest absolute Gasteiger partial charge is 1.00 e. The van der Waals surface area contributed by atoms with Crippen LogP contribution in [0.3, 0.4) is 0 Å². The Bertz CT molecular complexity index is 1130. The van der Waals surface area contributed by atoms with Crippen LogP contribution in [-0.4, -0.2) is 37.3 Å². The summed E-state index contributed by atoms with van der Waals surface area (Å²) in [5, 5.41) is 0.730. The molecule has 2 aliphatic heterocycles. The number of likely N-dealkylation sites (N-methyl/N-ethyl adjacent to an activating group) is 1. The van der Waals surface area contributed by atoms with E-state index in [0.29, 0.717) is 23.6 Å². The fourth-order valence-electron chi connectivity index (χ4n) is 7.21. The van der Waals surface area contributed by atoms with Gasteiger partial charge in [0.05, 0.1) is 20.1 Å². The molecule has 3 unspecified atom stereocenters. The second kappa shape index (κ2) is 20.0. The zero-order valence-electron chi connectivity index (χ0n) is 27.5. The fourth-order valence-corrected chi connectivity index (χ4v) is 7.39. The topological polar surface area (TPSA) is 35.5 Å². The number of fused-ring (bicyclic) bond motifs is 5. The molecule has 0 radical (unpaired) electrons. The Morgan fingerprint density at radius 2 is 1.25 bits per heavy atom. The number of likely N-dealkylation sites (tertiary alicyclic amines) is 1. The summed E-state index contributed by atoms with van der Waals surface area (Å²) >= 11 is 6.42. The molecule has 0 amide bonds. The molecule has 0 spiro atoms. The lowest BCUT2D eigenvalue weighted by molar-refractivity contribution is -0.915. The summed E-state index contributed by atoms with van der Waals surface area (Å²) in [7, 11) is 2.21. The Balaban J connectivity index is 0.00000529. The first kappa shape index (κ1) is 37.2. The summed E-state index contributed by atoms with van der Waals surface area (Å²) < 4.78 is 12.9. The van der Waals surface area contributed by atoms with Crippen LogP contribution in [0.4, 0.5) is 0 Å². The van der Waals surface area contributed by atoms with E-state index < -0.39 is 0 Å². The molecule has 0 aromatic heterocycles. The quantitative estimate of drug-likeness (QED) is 0.0594. The van der Waals surface area contributed by atoms with E-state index in [1.807, 2.05) is 18.2 Å². The van der Waals surface area contributed by atoms with Gasteiger partial charge in [0.1, 0.15) is 11.5 Å². The number of halogens is 2. The third-order valence-corrected chi connectivity index (χ3v) is 9.93. The molecular formula is C38H57ClINO3. The average Bonchev–Trinajstić information content (AvgIpc) is 3.30. The summed E-state index contributed by atoms with van der Waals surface area (Å²) in [5.74, 6) is 2.31. The molecule has 0 N–H and O–H groups in total. The van der Waals surface area contributed by atoms with Gasteiger partial charge in [0, 0.05) is 34.4 Å². The highest BCUT2D eigenvalue weighted by molar-refractivity contribution is 6.30. The molecule has 1 saturated heterocycles. The Labute approximate surface area is 290 Å². The van der Waals surface area contributed by atoms with E-state index in [0.717, 1.165) is 48.0 Å². The standard InChI is InChI=1S/C38H57ClNO3.HI/c1-3-4-5-6-7-8-9-10-11-12-13-14-15-16-17-18-19-24-38(41)42-30-40(2)28-34-32-22-20-21-23-36(32)43-37-26-25-31(39)27-33(37)35(34)29-40;/h20-23,25-27,34-35H,3-19,24,28-30H2,1-2H3;1H/q+1;/p-1. The molecule has 3 atom stereocenters. The normalized spacial score (nSPS) is 20.1. The minimum Gasteiger partial charge on any atom is -1.00 e. The number of carbonyl (C=O) groups is 1. The Kier molecular flexibility index (Phi) is 16.9. The maximum atomic E-state index is 12.6. The van der Waals surface area contributed by atoms with Crippen LogP contribution in [0, 0.1) is 0 Å². The zero-order chi connectivity index (χ0) is 30.3. The van der Waals surface area contributed by atoms with Crippen LogP contribution in [0.1, 0.15) is 145 Å². The van der Waals surface area contributed by atoms with Crippen molar-refractivity contribution in [2.24, 2.45) is 0 Å². The maximum Gasteiger partial charge on any atom is 0.310 e. The number of hydrogen-bond acceptors (Lipinski definition) is 3. The molecule has 44 heavy (non-hydrogen) atoms. The van der Waals surface area contributed by atoms with Gasteiger partial charge in [-0.05, 0) is 30.7 Å². The van der Waals surface area contributed by atoms with Crippen molar-refractivity contribution in [1.29, 1.82) is 0 Å². The van der Waals surface area contributed by atoms with Gasteiger partial charge in [-0.15, -0.1) is 0 Å². The van der Waals surface area contributed by atoms with Crippen molar-refractivity contribution in [2.45, 2.75) is 134 Å². The van der Waals surface area contributed by atoms with Crippen LogP contribution in [0.15, 0.2) is 42.5 Å². The van der Waals surface area contributed by atoms with Crippen LogP contribution >= 0.6 is 11.6 Å². The van der Waals surface area contributed by atoms with Gasteiger partial charge in [0.15, 0.2) is 0 Å². The SMILES string of the molecule is CCCCCCCCCCCCCCCCCCCC(=O)OC[N+]1(C)CC2c3ccccc3Oc3ccc(Cl)cc3C2C1.[I-]. The predicted molar refractivity (Wildman–Crippen MR) is 179 cm³/mol. The number of para-hydroxylation sites is 1. The molecule has 0 saturated carbocycles. The van der Waals surface area contributed by atoms with Crippen molar-refractivity contribution in [3.8, 4) is 11.5 Å². The number of hydrogen-bond donors (Lipinski definition) is 0. The second-order valence-electron chi connectivity index (χ2n) is 13.6. The van der Waals surface area contributed by atoms with Crippen LogP contribution < -0.4 is 28.7 Å². The molecule has 2 aromatic rings. The molecular weight excluding hydrogens is 681 g/mol. The van der Waals surface area contributed by atoms with Crippen molar-refractivity contribution in [2.75, 3.05) is 26.9 Å². The minimum atomic E-state index is -0.0559. The first-order chi connectivity index (χ1) is 21.0. The van der Waals surface area contributed by atoms with E-state index in [-0.39, 0.29) is 35.9 Å². The molecule has 4 nitrogen and oxygen atoms in total. The highest BCUT2D eigenvalue weighted by Gasteiger charge is 2.48. The summed E-state index contributed by atoms with van der Waals surface area (Å²) in [6.45, 7) is 4.50. The predicted octanol–water partition coefficient (Wildman–Crippen LogP) is 8.32. The molecule has 2 aromatic carbocycles. The van der Waals surface area contributed by atoms with Crippen molar-refractivity contribution in [3.63, 3.8) is 0 Å². The van der Waals surface area contributed by atoms with E-state index >= 15 is 0 Å². The second-order valence-corrected chi connectivity index (χ2v) is 14.0. The van der Waals surface area contributed by atoms with E-state index in [1.165, 1.54) is 102 Å². The van der Waals surface area contributed by atoms with E-state index in [1.54, 1.807) is 0 Å². The van der Waals surface area contributed by atoms with Crippen molar-refractivity contribution in [3.05, 3.63) is 58.6 Å². The van der Waals surface area contributed by atoms with Crippen LogP contribution in [0.25, 0.3) is 0 Å². The maximum absolute atomic E-state index is 12.6. The molecule has 0 bridgehead atoms. The van der Waals surface area contributed by atoms with Gasteiger partial charge < -0.3 is 33.5 Å². The van der Waals surface area contributed by atoms with E-state index in [4.69, 9.17) is 21.1 Å². The number of carbonyl (C=O) groups excluding carboxylic acids is 1. The molecule has 2 aliphatic rings. The number of benzene rings is 2. The first-order valence-electron chi connectivity index (χ1n) is 17.5. The van der Waals surface area contributed by atoms with Gasteiger partial charge in [-0.1, -0.05) is 139 Å². The van der Waals surface area contributed by atoms with Crippen molar-refractivity contribution in [1.82, 2.24) is 0 Å². The molecule has 1 fully saturated rings. The van der Waals surface area contributed by atoms with Gasteiger partial charge in [-0.2, -0.15) is 0 Å². The average molecular weight is 738 g/mol. The van der Waals surface area contributed by atoms with Crippen molar-refractivity contribution < 1.29 is 42.7 Å². The van der Waals surface area contributed by atoms with Gasteiger partial charge in [-0.25, -0.2) is 0 Å². The van der Waals surface area contributed by atoms with Crippen LogP contribution in [0.2, 0.25) is 5.02 Å². The fraction of sp³-hybridized carbons (Fsp3) is 0.658. The van der Waals surface area contributed by atoms with Gasteiger partial charge in [0.25, 0.3) is 0 Å². The van der Waals surface area contributed by atoms with E-state index in [9.17, 15) is 4.79 Å². The monoisotopic (exact) mass is 737 g/mol. The highest BCUT2D eigenvalue weighted by Crippen LogP contribution is 2.51. The van der Waals surface area contributed by atoms with Crippen LogP contribution in [0.5, 0.6) is 11.5 Å². The number of esters is 1. The summed E-state index contributed by atoms with van der Waals surface area (Å²) in [5.41, 5.74) is 2.39. The number of unbranched alkanes of at least 4 members (excludes halogenated alkanes) is 16. The molecule has 0 aliphatic carbocycles. The summed E-state index contributed by atoms with van der Waals surface area (Å²) in [6, 6.07) is 14.3. The number of nitrogens with zero attached hydrogens (tertiary/aromatic N) is 1. The zero-order valence-corrected chi connectivity index (χ0v) is 30.4. The number of quaternary nitrogens is 1. The van der Waals surface area contributed by atoms with E-state index in [2.05, 4.69) is 38.2 Å². The molecule has 246 valence electrons. The number of ether oxygens (including phenoxy) is 2. The highest BCUT2D eigenvalue weighted by atomic mass is 127. The third-order valence-electron chi connectivity index (χ3n) is 9.69. The molecule has 2 heterocycles. The Morgan fingerprint density at radius 1 is 0.750 bits per heavy atom. The number of rotatable bonds is 20. The smallest absolute Gasteiger partial charge is 0.310 e. The lowest BCUT2D eigenvalue weighted by Crippen LogP contribution is -3.00. The van der Waals surface area contributed by atoms with Gasteiger partial charge in [0.2, 0.25) is 6.73 Å². The molecule has 4 rings (SSSR count). The third kappa shape index (κ3) is 11.8. The minimum absolute atomic E-state index is 0. The summed E-state index contributed by atoms with van der Waals surface area (Å²) in [6.07, 6.45) is 23.4. The lowest BCUT2D eigenvalue weighted by Gasteiger charge is -2.29.